The molecular weight excluding hydrogens is 198 g/mol. The van der Waals surface area contributed by atoms with Crippen molar-refractivity contribution in [1.82, 2.24) is 9.97 Å². The van der Waals surface area contributed by atoms with E-state index in [0.29, 0.717) is 5.82 Å². The number of hydrogen-bond acceptors (Lipinski definition) is 2. The molecule has 0 fully saturated rings. The van der Waals surface area contributed by atoms with Crippen LogP contribution in [0.15, 0.2) is 19.0 Å². The summed E-state index contributed by atoms with van der Waals surface area (Å²) in [5.74, 6) is 0.689. The van der Waals surface area contributed by atoms with Crippen LogP contribution in [-0.2, 0) is 0 Å². The van der Waals surface area contributed by atoms with E-state index in [0.717, 1.165) is 5.57 Å². The van der Waals surface area contributed by atoms with Gasteiger partial charge in [0.1, 0.15) is 5.82 Å². The molecule has 0 spiro atoms. The number of nitrogens with zero attached hydrogens (tertiary/aromatic N) is 2. The van der Waals surface area contributed by atoms with Gasteiger partial charge in [0.15, 0.2) is 0 Å². The van der Waals surface area contributed by atoms with Crippen LogP contribution in [-0.4, -0.2) is 9.97 Å². The van der Waals surface area contributed by atoms with E-state index in [9.17, 15) is 0 Å². The molecule has 0 saturated carbocycles. The molecule has 3 heteroatoms. The Morgan fingerprint density at radius 3 is 2.30 bits per heavy atom. The topological polar surface area (TPSA) is 25.8 Å². The Bertz CT molecular complexity index is 208. The van der Waals surface area contributed by atoms with Crippen LogP contribution in [0.2, 0.25) is 0 Å². The van der Waals surface area contributed by atoms with Crippen molar-refractivity contribution in [2.24, 2.45) is 0 Å². The SMILES string of the molecule is C=C(C)c1nc[c-]cn1.[Rb+]. The maximum absolute atomic E-state index is 3.91. The quantitative estimate of drug-likeness (QED) is 0.511. The van der Waals surface area contributed by atoms with Gasteiger partial charge in [-0.1, -0.05) is 6.58 Å². The Hall–Kier alpha value is 0.625. The fourth-order valence-corrected chi connectivity index (χ4v) is 0.484. The molecule has 1 heterocycles. The summed E-state index contributed by atoms with van der Waals surface area (Å²) in [6.45, 7) is 5.56. The van der Waals surface area contributed by atoms with Gasteiger partial charge in [-0.05, 0) is 12.5 Å². The van der Waals surface area contributed by atoms with Crippen LogP contribution >= 0.6 is 0 Å². The predicted octanol–water partition coefficient (Wildman–Crippen LogP) is -1.69. The van der Waals surface area contributed by atoms with Gasteiger partial charge >= 0.3 is 58.2 Å². The summed E-state index contributed by atoms with van der Waals surface area (Å²) in [7, 11) is 0. The maximum atomic E-state index is 3.91. The summed E-state index contributed by atoms with van der Waals surface area (Å²) in [5.41, 5.74) is 0.879. The fraction of sp³-hybridized carbons (Fsp3) is 0.143. The summed E-state index contributed by atoms with van der Waals surface area (Å²) in [5, 5.41) is 0. The van der Waals surface area contributed by atoms with Gasteiger partial charge < -0.3 is 6.07 Å². The minimum Gasteiger partial charge on any atom is -0.434 e. The summed E-state index contributed by atoms with van der Waals surface area (Å²) < 4.78 is 0. The summed E-state index contributed by atoms with van der Waals surface area (Å²) >= 11 is 0. The first-order valence-electron chi connectivity index (χ1n) is 2.64. The molecule has 10 heavy (non-hydrogen) atoms. The zero-order chi connectivity index (χ0) is 6.69. The molecule has 0 aliphatic carbocycles. The minimum absolute atomic E-state index is 0. The van der Waals surface area contributed by atoms with Crippen molar-refractivity contribution in [2.75, 3.05) is 0 Å². The third-order valence-electron chi connectivity index (χ3n) is 0.904. The third-order valence-corrected chi connectivity index (χ3v) is 0.904. The molecule has 0 atom stereocenters. The molecule has 1 aromatic rings. The Balaban J connectivity index is 0.000000810. The normalized spacial score (nSPS) is 8.10. The van der Waals surface area contributed by atoms with Crippen molar-refractivity contribution in [3.05, 3.63) is 30.9 Å². The van der Waals surface area contributed by atoms with Crippen molar-refractivity contribution in [3.8, 4) is 0 Å². The molecule has 1 rings (SSSR count). The Morgan fingerprint density at radius 1 is 1.50 bits per heavy atom. The number of allylic oxidation sites excluding steroid dienone is 1. The second-order valence-electron chi connectivity index (χ2n) is 1.79. The molecule has 0 radical (unpaired) electrons. The van der Waals surface area contributed by atoms with Crippen LogP contribution in [0.3, 0.4) is 0 Å². The largest absolute Gasteiger partial charge is 1.00 e. The van der Waals surface area contributed by atoms with E-state index in [1.54, 1.807) is 12.4 Å². The van der Waals surface area contributed by atoms with Gasteiger partial charge in [-0.2, -0.15) is 0 Å². The molecule has 0 N–H and O–H groups in total. The molecule has 46 valence electrons. The van der Waals surface area contributed by atoms with Gasteiger partial charge in [-0.15, -0.1) is 12.4 Å². The third kappa shape index (κ3) is 3.15. The van der Waals surface area contributed by atoms with E-state index in [4.69, 9.17) is 0 Å². The number of hydrogen-bond donors (Lipinski definition) is 0. The summed E-state index contributed by atoms with van der Waals surface area (Å²) in [4.78, 5) is 7.82. The second-order valence-corrected chi connectivity index (χ2v) is 1.79. The Kier molecular flexibility index (Phi) is 5.63. The van der Waals surface area contributed by atoms with Gasteiger partial charge in [0, 0.05) is 0 Å². The molecule has 0 bridgehead atoms. The van der Waals surface area contributed by atoms with Gasteiger partial charge in [0.2, 0.25) is 0 Å². The van der Waals surface area contributed by atoms with E-state index in [-0.39, 0.29) is 58.2 Å². The molecular formula is C7H7N2Rb. The zero-order valence-corrected chi connectivity index (χ0v) is 11.2. The van der Waals surface area contributed by atoms with Gasteiger partial charge in [0.25, 0.3) is 0 Å². The van der Waals surface area contributed by atoms with Crippen molar-refractivity contribution in [3.63, 3.8) is 0 Å². The maximum Gasteiger partial charge on any atom is 1.00 e. The smallest absolute Gasteiger partial charge is 0.434 e. The molecule has 0 unspecified atom stereocenters. The zero-order valence-electron chi connectivity index (χ0n) is 6.26. The van der Waals surface area contributed by atoms with Crippen LogP contribution in [0.4, 0.5) is 0 Å². The van der Waals surface area contributed by atoms with Crippen molar-refractivity contribution in [1.29, 1.82) is 0 Å². The van der Waals surface area contributed by atoms with E-state index in [2.05, 4.69) is 22.6 Å². The van der Waals surface area contributed by atoms with E-state index in [1.165, 1.54) is 0 Å². The molecule has 0 amide bonds. The number of aromatic nitrogens is 2. The first-order valence-corrected chi connectivity index (χ1v) is 2.64. The summed E-state index contributed by atoms with van der Waals surface area (Å²) in [6, 6.07) is 2.72. The van der Waals surface area contributed by atoms with Gasteiger partial charge in [-0.3, -0.25) is 9.97 Å². The minimum atomic E-state index is 0. The molecule has 0 saturated heterocycles. The fourth-order valence-electron chi connectivity index (χ4n) is 0.484. The van der Waals surface area contributed by atoms with Crippen LogP contribution in [0.5, 0.6) is 0 Å². The predicted molar refractivity (Wildman–Crippen MR) is 35.6 cm³/mol. The van der Waals surface area contributed by atoms with E-state index in [1.807, 2.05) is 6.92 Å². The standard InChI is InChI=1S/C7H7N2.Rb/c1-6(2)7-8-4-3-5-9-7;/h4-5H,1H2,2H3;/q-1;+1. The summed E-state index contributed by atoms with van der Waals surface area (Å²) in [6.07, 6.45) is 3.16. The second kappa shape index (κ2) is 5.30. The molecule has 0 aliphatic heterocycles. The number of rotatable bonds is 1. The molecule has 0 aliphatic rings. The average molecular weight is 205 g/mol. The van der Waals surface area contributed by atoms with Crippen molar-refractivity contribution < 1.29 is 58.2 Å². The Morgan fingerprint density at radius 2 is 2.00 bits per heavy atom. The monoisotopic (exact) mass is 204 g/mol. The van der Waals surface area contributed by atoms with Gasteiger partial charge in [-0.25, -0.2) is 0 Å². The van der Waals surface area contributed by atoms with Crippen LogP contribution in [0.25, 0.3) is 5.57 Å². The molecule has 0 aromatic carbocycles. The Labute approximate surface area is 110 Å². The van der Waals surface area contributed by atoms with Gasteiger partial charge in [0.05, 0.1) is 0 Å². The van der Waals surface area contributed by atoms with Crippen molar-refractivity contribution in [2.45, 2.75) is 6.92 Å². The first kappa shape index (κ1) is 10.6. The van der Waals surface area contributed by atoms with Crippen LogP contribution < -0.4 is 58.2 Å². The molecule has 1 aromatic heterocycles. The van der Waals surface area contributed by atoms with Crippen molar-refractivity contribution >= 4 is 5.57 Å². The van der Waals surface area contributed by atoms with Crippen LogP contribution in [0.1, 0.15) is 12.7 Å². The van der Waals surface area contributed by atoms with Crippen LogP contribution in [0, 0.1) is 6.07 Å². The van der Waals surface area contributed by atoms with E-state index >= 15 is 0 Å². The average Bonchev–Trinajstić information content (AvgIpc) is 1.90. The molecule has 2 nitrogen and oxygen atoms in total. The van der Waals surface area contributed by atoms with E-state index < -0.39 is 0 Å². The first-order chi connectivity index (χ1) is 4.30.